The maximum absolute atomic E-state index is 5.34. The summed E-state index contributed by atoms with van der Waals surface area (Å²) in [6.07, 6.45) is 5.07. The fourth-order valence-corrected chi connectivity index (χ4v) is 3.66. The summed E-state index contributed by atoms with van der Waals surface area (Å²) >= 11 is 1.97. The van der Waals surface area contributed by atoms with E-state index >= 15 is 0 Å². The minimum atomic E-state index is 0. The summed E-state index contributed by atoms with van der Waals surface area (Å²) in [6.45, 7) is 1.75. The normalized spacial score (nSPS) is 15.5. The highest BCUT2D eigenvalue weighted by Gasteiger charge is 2.43. The van der Waals surface area contributed by atoms with Gasteiger partial charge in [0.15, 0.2) is 5.96 Å². The Morgan fingerprint density at radius 2 is 1.96 bits per heavy atom. The van der Waals surface area contributed by atoms with E-state index in [9.17, 15) is 0 Å². The molecule has 2 aromatic rings. The number of hydrogen-bond donors (Lipinski definition) is 2. The molecule has 0 saturated heterocycles. The molecule has 130 valence electrons. The number of furan rings is 1. The smallest absolute Gasteiger partial charge is 0.191 e. The van der Waals surface area contributed by atoms with Gasteiger partial charge in [0.1, 0.15) is 5.76 Å². The van der Waals surface area contributed by atoms with Gasteiger partial charge in [0.05, 0.1) is 6.26 Å². The van der Waals surface area contributed by atoms with Gasteiger partial charge in [-0.15, -0.1) is 35.7 Å². The first-order valence-corrected chi connectivity index (χ1v) is 8.82. The molecule has 0 radical (unpaired) electrons. The molecule has 1 aromatic heterocycles. The van der Waals surface area contributed by atoms with Gasteiger partial charge in [-0.1, -0.05) is 18.2 Å². The zero-order valence-corrected chi connectivity index (χ0v) is 17.0. The first kappa shape index (κ1) is 19.2. The first-order valence-electron chi connectivity index (χ1n) is 8.01. The number of nitrogens with zero attached hydrogens (tertiary/aromatic N) is 1. The van der Waals surface area contributed by atoms with Crippen molar-refractivity contribution < 1.29 is 4.42 Å². The van der Waals surface area contributed by atoms with E-state index in [4.69, 9.17) is 4.42 Å². The van der Waals surface area contributed by atoms with Crippen molar-refractivity contribution in [1.29, 1.82) is 0 Å². The average molecular weight is 457 g/mol. The quantitative estimate of drug-likeness (QED) is 0.376. The molecule has 0 amide bonds. The molecule has 0 bridgehead atoms. The lowest BCUT2D eigenvalue weighted by atomic mass is 10.3. The van der Waals surface area contributed by atoms with Crippen molar-refractivity contribution in [2.75, 3.05) is 20.1 Å². The van der Waals surface area contributed by atoms with Crippen LogP contribution in [0.25, 0.3) is 0 Å². The molecule has 0 unspecified atom stereocenters. The highest BCUT2D eigenvalue weighted by molar-refractivity contribution is 14.0. The Bertz CT molecular complexity index is 627. The van der Waals surface area contributed by atoms with E-state index in [2.05, 4.69) is 46.0 Å². The van der Waals surface area contributed by atoms with Gasteiger partial charge in [-0.25, -0.2) is 0 Å². The minimum absolute atomic E-state index is 0. The molecule has 0 aliphatic heterocycles. The number of halogens is 1. The van der Waals surface area contributed by atoms with E-state index in [1.807, 2.05) is 30.9 Å². The van der Waals surface area contributed by atoms with E-state index in [-0.39, 0.29) is 24.0 Å². The van der Waals surface area contributed by atoms with Crippen molar-refractivity contribution in [3.8, 4) is 0 Å². The molecule has 0 spiro atoms. The third-order valence-electron chi connectivity index (χ3n) is 3.93. The van der Waals surface area contributed by atoms with Gasteiger partial charge in [-0.3, -0.25) is 4.99 Å². The van der Waals surface area contributed by atoms with Crippen LogP contribution in [0.4, 0.5) is 0 Å². The molecule has 3 rings (SSSR count). The van der Waals surface area contributed by atoms with E-state index in [1.165, 1.54) is 17.7 Å². The van der Waals surface area contributed by atoms with Crippen molar-refractivity contribution in [1.82, 2.24) is 10.6 Å². The average Bonchev–Trinajstić information content (AvgIpc) is 3.14. The predicted octanol–water partition coefficient (Wildman–Crippen LogP) is 3.93. The van der Waals surface area contributed by atoms with Crippen molar-refractivity contribution in [2.45, 2.75) is 28.9 Å². The highest BCUT2D eigenvalue weighted by atomic mass is 127. The number of benzene rings is 1. The van der Waals surface area contributed by atoms with Crippen LogP contribution in [0.15, 0.2) is 63.0 Å². The molecule has 1 aromatic carbocycles. The van der Waals surface area contributed by atoms with Crippen molar-refractivity contribution >= 4 is 41.7 Å². The third kappa shape index (κ3) is 5.73. The maximum Gasteiger partial charge on any atom is 0.191 e. The maximum atomic E-state index is 5.34. The Morgan fingerprint density at radius 1 is 1.17 bits per heavy atom. The largest absolute Gasteiger partial charge is 0.469 e. The molecule has 1 heterocycles. The lowest BCUT2D eigenvalue weighted by Gasteiger charge is -2.18. The fourth-order valence-electron chi connectivity index (χ4n) is 2.42. The monoisotopic (exact) mass is 457 g/mol. The summed E-state index contributed by atoms with van der Waals surface area (Å²) < 4.78 is 5.66. The molecule has 24 heavy (non-hydrogen) atoms. The molecule has 1 aliphatic rings. The zero-order valence-electron chi connectivity index (χ0n) is 13.8. The van der Waals surface area contributed by atoms with Crippen LogP contribution in [0.1, 0.15) is 18.6 Å². The van der Waals surface area contributed by atoms with Gasteiger partial charge in [0.2, 0.25) is 0 Å². The van der Waals surface area contributed by atoms with Crippen LogP contribution in [0.3, 0.4) is 0 Å². The van der Waals surface area contributed by atoms with Gasteiger partial charge < -0.3 is 15.1 Å². The molecular formula is C18H24IN3OS. The van der Waals surface area contributed by atoms with Crippen LogP contribution >= 0.6 is 35.7 Å². The van der Waals surface area contributed by atoms with Gasteiger partial charge in [0, 0.05) is 36.2 Å². The van der Waals surface area contributed by atoms with Gasteiger partial charge in [0.25, 0.3) is 0 Å². The number of nitrogens with one attached hydrogen (secondary N) is 2. The summed E-state index contributed by atoms with van der Waals surface area (Å²) in [5.74, 6) is 1.85. The minimum Gasteiger partial charge on any atom is -0.469 e. The molecule has 1 saturated carbocycles. The van der Waals surface area contributed by atoms with E-state index in [0.717, 1.165) is 31.2 Å². The Morgan fingerprint density at radius 3 is 2.58 bits per heavy atom. The third-order valence-corrected chi connectivity index (χ3v) is 5.42. The van der Waals surface area contributed by atoms with Crippen LogP contribution < -0.4 is 10.6 Å². The second-order valence-corrected chi connectivity index (χ2v) is 7.32. The molecule has 1 aliphatic carbocycles. The molecule has 4 nitrogen and oxygen atoms in total. The highest BCUT2D eigenvalue weighted by Crippen LogP contribution is 2.51. The molecular weight excluding hydrogens is 433 g/mol. The summed E-state index contributed by atoms with van der Waals surface area (Å²) in [5, 5.41) is 6.80. The number of guanidine groups is 1. The van der Waals surface area contributed by atoms with Crippen LogP contribution in [0.2, 0.25) is 0 Å². The van der Waals surface area contributed by atoms with E-state index < -0.39 is 0 Å². The van der Waals surface area contributed by atoms with Crippen LogP contribution in [-0.4, -0.2) is 30.8 Å². The Labute approximate surface area is 164 Å². The second-order valence-electron chi connectivity index (χ2n) is 5.78. The molecule has 2 N–H and O–H groups in total. The molecule has 1 fully saturated rings. The number of thioether (sulfide) groups is 1. The lowest BCUT2D eigenvalue weighted by molar-refractivity contribution is 0.506. The van der Waals surface area contributed by atoms with Crippen molar-refractivity contribution in [2.24, 2.45) is 4.99 Å². The fraction of sp³-hybridized carbons (Fsp3) is 0.389. The zero-order chi connectivity index (χ0) is 16.0. The van der Waals surface area contributed by atoms with E-state index in [0.29, 0.717) is 4.75 Å². The summed E-state index contributed by atoms with van der Waals surface area (Å²) in [4.78, 5) is 5.64. The SMILES string of the molecule is CN=C(NCCc1ccco1)NCC1(Sc2ccccc2)CC1.I. The Balaban J connectivity index is 0.00000208. The Hall–Kier alpha value is -1.15. The summed E-state index contributed by atoms with van der Waals surface area (Å²) in [7, 11) is 1.81. The van der Waals surface area contributed by atoms with Crippen LogP contribution in [-0.2, 0) is 6.42 Å². The van der Waals surface area contributed by atoms with Gasteiger partial charge in [-0.2, -0.15) is 0 Å². The van der Waals surface area contributed by atoms with Crippen molar-refractivity contribution in [3.05, 3.63) is 54.5 Å². The first-order chi connectivity index (χ1) is 11.3. The van der Waals surface area contributed by atoms with Crippen LogP contribution in [0, 0.1) is 0 Å². The second kappa shape index (κ2) is 9.36. The number of hydrogen-bond acceptors (Lipinski definition) is 3. The van der Waals surface area contributed by atoms with E-state index in [1.54, 1.807) is 6.26 Å². The molecule has 6 heteroatoms. The summed E-state index contributed by atoms with van der Waals surface area (Å²) in [5.41, 5.74) is 0. The van der Waals surface area contributed by atoms with Crippen molar-refractivity contribution in [3.63, 3.8) is 0 Å². The molecule has 0 atom stereocenters. The number of aliphatic imine (C=N–C) groups is 1. The van der Waals surface area contributed by atoms with Gasteiger partial charge >= 0.3 is 0 Å². The van der Waals surface area contributed by atoms with Crippen LogP contribution in [0.5, 0.6) is 0 Å². The number of rotatable bonds is 7. The predicted molar refractivity (Wildman–Crippen MR) is 111 cm³/mol. The standard InChI is InChI=1S/C18H23N3OS.HI/c1-19-17(20-12-9-15-6-5-13-22-15)21-14-18(10-11-18)23-16-7-3-2-4-8-16;/h2-8,13H,9-12,14H2,1H3,(H2,19,20,21);1H. The lowest BCUT2D eigenvalue weighted by Crippen LogP contribution is -2.41. The van der Waals surface area contributed by atoms with Gasteiger partial charge in [-0.05, 0) is 37.1 Å². The topological polar surface area (TPSA) is 49.6 Å². The Kier molecular flexibility index (Phi) is 7.48. The summed E-state index contributed by atoms with van der Waals surface area (Å²) in [6, 6.07) is 14.5.